The highest BCUT2D eigenvalue weighted by atomic mass is 16.5. The minimum absolute atomic E-state index is 0.0276. The van der Waals surface area contributed by atoms with Crippen molar-refractivity contribution >= 4 is 11.8 Å². The number of likely N-dealkylation sites (tertiary alicyclic amines) is 1. The van der Waals surface area contributed by atoms with E-state index in [2.05, 4.69) is 29.6 Å². The maximum atomic E-state index is 13.0. The van der Waals surface area contributed by atoms with E-state index in [1.165, 1.54) is 0 Å². The van der Waals surface area contributed by atoms with Gasteiger partial charge in [0.2, 0.25) is 11.8 Å². The average Bonchev–Trinajstić information content (AvgIpc) is 3.17. The third-order valence-electron chi connectivity index (χ3n) is 5.54. The molecule has 1 heterocycles. The number of amides is 2. The van der Waals surface area contributed by atoms with Gasteiger partial charge in [-0.3, -0.25) is 9.59 Å². The fraction of sp³-hybridized carbons (Fsp3) is 0.391. The Morgan fingerprint density at radius 2 is 1.82 bits per heavy atom. The van der Waals surface area contributed by atoms with E-state index in [-0.39, 0.29) is 18.2 Å². The number of likely N-dealkylation sites (N-methyl/N-ethyl adjacent to an activating group) is 1. The van der Waals surface area contributed by atoms with Gasteiger partial charge in [0.15, 0.2) is 0 Å². The number of carbonyl (C=O) groups is 2. The summed E-state index contributed by atoms with van der Waals surface area (Å²) in [6.07, 6.45) is 2.26. The van der Waals surface area contributed by atoms with Crippen LogP contribution in [0.15, 0.2) is 54.6 Å². The van der Waals surface area contributed by atoms with Crippen molar-refractivity contribution in [3.05, 3.63) is 60.2 Å². The van der Waals surface area contributed by atoms with Gasteiger partial charge in [-0.2, -0.15) is 0 Å². The van der Waals surface area contributed by atoms with E-state index in [1.54, 1.807) is 19.1 Å². The summed E-state index contributed by atoms with van der Waals surface area (Å²) in [6.45, 7) is 0.962. The van der Waals surface area contributed by atoms with Crippen LogP contribution >= 0.6 is 0 Å². The molecule has 3 rings (SSSR count). The van der Waals surface area contributed by atoms with Gasteiger partial charge >= 0.3 is 0 Å². The molecule has 1 aliphatic rings. The van der Waals surface area contributed by atoms with Gasteiger partial charge in [-0.05, 0) is 29.5 Å². The average molecular weight is 380 g/mol. The van der Waals surface area contributed by atoms with Gasteiger partial charge in [-0.25, -0.2) is 0 Å². The second-order valence-corrected chi connectivity index (χ2v) is 7.20. The molecule has 0 aliphatic carbocycles. The Hall–Kier alpha value is -2.66. The van der Waals surface area contributed by atoms with Crippen molar-refractivity contribution in [2.24, 2.45) is 0 Å². The Balaban J connectivity index is 1.99. The van der Waals surface area contributed by atoms with Crippen molar-refractivity contribution in [1.29, 1.82) is 0 Å². The number of rotatable bonds is 7. The van der Waals surface area contributed by atoms with Gasteiger partial charge in [-0.15, -0.1) is 0 Å². The smallest absolute Gasteiger partial charge is 0.246 e. The van der Waals surface area contributed by atoms with Crippen LogP contribution in [-0.4, -0.2) is 49.6 Å². The van der Waals surface area contributed by atoms with Crippen LogP contribution in [0.4, 0.5) is 0 Å². The second-order valence-electron chi connectivity index (χ2n) is 7.20. The molecular weight excluding hydrogens is 352 g/mol. The third kappa shape index (κ3) is 3.94. The lowest BCUT2D eigenvalue weighted by Crippen LogP contribution is -2.58. The summed E-state index contributed by atoms with van der Waals surface area (Å²) in [4.78, 5) is 27.7. The Morgan fingerprint density at radius 1 is 1.11 bits per heavy atom. The maximum Gasteiger partial charge on any atom is 0.246 e. The number of hydrogen-bond donors (Lipinski definition) is 1. The molecule has 1 atom stereocenters. The monoisotopic (exact) mass is 380 g/mol. The first-order chi connectivity index (χ1) is 13.6. The highest BCUT2D eigenvalue weighted by Crippen LogP contribution is 2.36. The number of nitrogens with one attached hydrogen (secondary N) is 1. The van der Waals surface area contributed by atoms with E-state index in [1.807, 2.05) is 30.3 Å². The van der Waals surface area contributed by atoms with Crippen molar-refractivity contribution in [3.63, 3.8) is 0 Å². The summed E-state index contributed by atoms with van der Waals surface area (Å²) >= 11 is 0. The van der Waals surface area contributed by atoms with Crippen molar-refractivity contribution in [2.45, 2.75) is 31.2 Å². The topological polar surface area (TPSA) is 58.6 Å². The van der Waals surface area contributed by atoms with Gasteiger partial charge < -0.3 is 15.0 Å². The highest BCUT2D eigenvalue weighted by molar-refractivity contribution is 5.92. The maximum absolute atomic E-state index is 13.0. The van der Waals surface area contributed by atoms with Crippen LogP contribution in [-0.2, 0) is 20.7 Å². The molecular formula is C23H28N2O3. The fourth-order valence-electron chi connectivity index (χ4n) is 4.19. The molecule has 5 heteroatoms. The quantitative estimate of drug-likeness (QED) is 0.803. The zero-order valence-corrected chi connectivity index (χ0v) is 16.6. The molecule has 2 aromatic carbocycles. The zero-order valence-electron chi connectivity index (χ0n) is 16.6. The normalized spacial score (nSPS) is 18.9. The molecule has 2 amide bonds. The Bertz CT molecular complexity index is 822. The number of hydrogen-bond acceptors (Lipinski definition) is 3. The lowest BCUT2D eigenvalue weighted by atomic mass is 9.84. The van der Waals surface area contributed by atoms with E-state index in [4.69, 9.17) is 4.74 Å². The number of carbonyl (C=O) groups excluding carboxylic acids is 2. The van der Waals surface area contributed by atoms with E-state index in [0.29, 0.717) is 26.0 Å². The van der Waals surface area contributed by atoms with Crippen LogP contribution in [0.1, 0.15) is 24.8 Å². The molecule has 1 aliphatic heterocycles. The molecule has 148 valence electrons. The molecule has 0 spiro atoms. The van der Waals surface area contributed by atoms with Crippen molar-refractivity contribution in [2.75, 3.05) is 27.3 Å². The van der Waals surface area contributed by atoms with Crippen molar-refractivity contribution in [3.8, 4) is 11.1 Å². The molecule has 28 heavy (non-hydrogen) atoms. The second kappa shape index (κ2) is 9.02. The highest BCUT2D eigenvalue weighted by Gasteiger charge is 2.49. The Kier molecular flexibility index (Phi) is 6.47. The van der Waals surface area contributed by atoms with Gasteiger partial charge in [0, 0.05) is 27.1 Å². The molecule has 0 radical (unpaired) electrons. The van der Waals surface area contributed by atoms with Gasteiger partial charge in [-0.1, -0.05) is 54.6 Å². The van der Waals surface area contributed by atoms with Crippen LogP contribution in [0.25, 0.3) is 11.1 Å². The Labute approximate surface area is 166 Å². The lowest BCUT2D eigenvalue weighted by Gasteiger charge is -2.37. The molecule has 1 unspecified atom stereocenters. The SMILES string of the molecule is CNC(=O)C1(Cc2ccccc2-c2ccccc2)CCCN1C(=O)CCOC. The zero-order chi connectivity index (χ0) is 20.0. The largest absolute Gasteiger partial charge is 0.384 e. The van der Waals surface area contributed by atoms with Gasteiger partial charge in [0.25, 0.3) is 0 Å². The number of benzene rings is 2. The van der Waals surface area contributed by atoms with E-state index >= 15 is 0 Å². The molecule has 1 N–H and O–H groups in total. The lowest BCUT2D eigenvalue weighted by molar-refractivity contribution is -0.145. The van der Waals surface area contributed by atoms with Crippen molar-refractivity contribution < 1.29 is 14.3 Å². The predicted octanol–water partition coefficient (Wildman–Crippen LogP) is 3.04. The first-order valence-electron chi connectivity index (χ1n) is 9.77. The third-order valence-corrected chi connectivity index (χ3v) is 5.54. The first kappa shape index (κ1) is 20.1. The van der Waals surface area contributed by atoms with Gasteiger partial charge in [0.1, 0.15) is 5.54 Å². The van der Waals surface area contributed by atoms with Gasteiger partial charge in [0.05, 0.1) is 13.0 Å². The molecule has 0 bridgehead atoms. The van der Waals surface area contributed by atoms with E-state index in [9.17, 15) is 9.59 Å². The molecule has 1 fully saturated rings. The van der Waals surface area contributed by atoms with Crippen LogP contribution in [0.5, 0.6) is 0 Å². The Morgan fingerprint density at radius 3 is 2.54 bits per heavy atom. The first-order valence-corrected chi connectivity index (χ1v) is 9.77. The predicted molar refractivity (Wildman–Crippen MR) is 110 cm³/mol. The minimum Gasteiger partial charge on any atom is -0.384 e. The number of ether oxygens (including phenoxy) is 1. The minimum atomic E-state index is -0.857. The van der Waals surface area contributed by atoms with Crippen LogP contribution in [0.2, 0.25) is 0 Å². The van der Waals surface area contributed by atoms with Crippen LogP contribution < -0.4 is 5.32 Å². The molecule has 5 nitrogen and oxygen atoms in total. The fourth-order valence-corrected chi connectivity index (χ4v) is 4.19. The molecule has 0 saturated carbocycles. The van der Waals surface area contributed by atoms with Crippen molar-refractivity contribution in [1.82, 2.24) is 10.2 Å². The molecule has 2 aromatic rings. The summed E-state index contributed by atoms with van der Waals surface area (Å²) in [6, 6.07) is 18.3. The summed E-state index contributed by atoms with van der Waals surface area (Å²) in [5.41, 5.74) is 2.43. The summed E-state index contributed by atoms with van der Waals surface area (Å²) in [7, 11) is 3.22. The standard InChI is InChI=1S/C23H28N2O3/c1-24-22(27)23(14-8-15-25(23)21(26)13-16-28-2)17-19-11-6-7-12-20(19)18-9-4-3-5-10-18/h3-7,9-12H,8,13-17H2,1-2H3,(H,24,27). The summed E-state index contributed by atoms with van der Waals surface area (Å²) in [5, 5.41) is 2.80. The molecule has 1 saturated heterocycles. The summed E-state index contributed by atoms with van der Waals surface area (Å²) in [5.74, 6) is -0.126. The van der Waals surface area contributed by atoms with Crippen LogP contribution in [0, 0.1) is 0 Å². The van der Waals surface area contributed by atoms with Crippen LogP contribution in [0.3, 0.4) is 0 Å². The number of methoxy groups -OCH3 is 1. The molecule has 0 aromatic heterocycles. The van der Waals surface area contributed by atoms with E-state index < -0.39 is 5.54 Å². The number of nitrogens with zero attached hydrogens (tertiary/aromatic N) is 1. The summed E-state index contributed by atoms with van der Waals surface area (Å²) < 4.78 is 5.07. The van der Waals surface area contributed by atoms with E-state index in [0.717, 1.165) is 23.1 Å².